The van der Waals surface area contributed by atoms with Crippen LogP contribution in [-0.4, -0.2) is 38.3 Å². The molecule has 0 radical (unpaired) electrons. The molecule has 6 heteroatoms. The van der Waals surface area contributed by atoms with E-state index in [1.165, 1.54) is 0 Å². The number of carbonyl (C=O) groups excluding carboxylic acids is 1. The second-order valence-electron chi connectivity index (χ2n) is 4.95. The Morgan fingerprint density at radius 2 is 2.40 bits per heavy atom. The van der Waals surface area contributed by atoms with Gasteiger partial charge in [0.2, 0.25) is 5.91 Å². The minimum absolute atomic E-state index is 0.0330. The van der Waals surface area contributed by atoms with E-state index in [0.717, 1.165) is 12.2 Å². The van der Waals surface area contributed by atoms with E-state index in [0.29, 0.717) is 18.7 Å². The maximum absolute atomic E-state index is 12.4. The average Bonchev–Trinajstić information content (AvgIpc) is 3.07. The average molecular weight is 275 g/mol. The zero-order chi connectivity index (χ0) is 13.9. The normalized spacial score (nSPS) is 18.6. The van der Waals surface area contributed by atoms with Gasteiger partial charge < -0.3 is 14.4 Å². The molecule has 1 aliphatic rings. The number of furan rings is 1. The molecule has 1 atom stereocenters. The summed E-state index contributed by atoms with van der Waals surface area (Å²) in [7, 11) is 0. The third-order valence-electron chi connectivity index (χ3n) is 3.69. The van der Waals surface area contributed by atoms with Crippen LogP contribution in [0.15, 0.2) is 35.1 Å². The highest BCUT2D eigenvalue weighted by Crippen LogP contribution is 2.18. The first-order valence-corrected chi connectivity index (χ1v) is 6.71. The predicted molar refractivity (Wildman–Crippen MR) is 70.7 cm³/mol. The third-order valence-corrected chi connectivity index (χ3v) is 3.69. The number of aliphatic hydroxyl groups excluding tert-OH is 1. The number of rotatable bonds is 3. The Labute approximate surface area is 116 Å². The van der Waals surface area contributed by atoms with Gasteiger partial charge in [-0.05, 0) is 24.6 Å². The molecule has 0 fully saturated rings. The van der Waals surface area contributed by atoms with Crippen molar-refractivity contribution in [3.8, 4) is 0 Å². The maximum Gasteiger partial charge on any atom is 0.230 e. The molecule has 0 spiro atoms. The van der Waals surface area contributed by atoms with Crippen LogP contribution in [-0.2, 0) is 24.3 Å². The highest BCUT2D eigenvalue weighted by atomic mass is 16.3. The SMILES string of the molecule is O=C(Cc1ccco1)N1Cc2ccnn2CC[C@@H]1CO. The van der Waals surface area contributed by atoms with Gasteiger partial charge in [0.1, 0.15) is 5.76 Å². The van der Waals surface area contributed by atoms with Crippen molar-refractivity contribution in [3.05, 3.63) is 42.1 Å². The van der Waals surface area contributed by atoms with Gasteiger partial charge >= 0.3 is 0 Å². The first-order valence-electron chi connectivity index (χ1n) is 6.71. The number of amides is 1. The summed E-state index contributed by atoms with van der Waals surface area (Å²) in [6.45, 7) is 1.16. The summed E-state index contributed by atoms with van der Waals surface area (Å²) in [5.74, 6) is 0.609. The molecule has 0 aliphatic carbocycles. The van der Waals surface area contributed by atoms with Crippen LogP contribution in [0.2, 0.25) is 0 Å². The molecule has 0 saturated carbocycles. The molecule has 2 aromatic rings. The van der Waals surface area contributed by atoms with Crippen LogP contribution in [0.1, 0.15) is 17.9 Å². The molecule has 20 heavy (non-hydrogen) atoms. The molecule has 3 rings (SSSR count). The standard InChI is InChI=1S/C14H17N3O3/c18-10-12-4-6-17-11(3-5-15-17)9-16(12)14(19)8-13-2-1-7-20-13/h1-3,5,7,12,18H,4,6,8-10H2/t12-/m1/s1. The van der Waals surface area contributed by atoms with Gasteiger partial charge in [-0.15, -0.1) is 0 Å². The molecule has 3 heterocycles. The van der Waals surface area contributed by atoms with Crippen LogP contribution in [0.3, 0.4) is 0 Å². The predicted octanol–water partition coefficient (Wildman–Crippen LogP) is 0.812. The Morgan fingerprint density at radius 3 is 3.15 bits per heavy atom. The molecule has 1 N–H and O–H groups in total. The van der Waals surface area contributed by atoms with Crippen LogP contribution >= 0.6 is 0 Å². The minimum atomic E-state index is -0.167. The summed E-state index contributed by atoms with van der Waals surface area (Å²) >= 11 is 0. The van der Waals surface area contributed by atoms with Crippen LogP contribution < -0.4 is 0 Å². The van der Waals surface area contributed by atoms with Gasteiger partial charge in [0.05, 0.1) is 37.6 Å². The van der Waals surface area contributed by atoms with Crippen LogP contribution in [0.4, 0.5) is 0 Å². The molecule has 0 unspecified atom stereocenters. The largest absolute Gasteiger partial charge is 0.469 e. The lowest BCUT2D eigenvalue weighted by molar-refractivity contribution is -0.134. The monoisotopic (exact) mass is 275 g/mol. The van der Waals surface area contributed by atoms with E-state index in [9.17, 15) is 9.90 Å². The summed E-state index contributed by atoms with van der Waals surface area (Å²) in [5, 5.41) is 13.8. The second-order valence-corrected chi connectivity index (χ2v) is 4.95. The van der Waals surface area contributed by atoms with Gasteiger partial charge in [-0.3, -0.25) is 9.48 Å². The quantitative estimate of drug-likeness (QED) is 0.900. The van der Waals surface area contributed by atoms with Gasteiger partial charge in [0.15, 0.2) is 0 Å². The van der Waals surface area contributed by atoms with Crippen molar-refractivity contribution in [2.75, 3.05) is 6.61 Å². The summed E-state index contributed by atoms with van der Waals surface area (Å²) in [6.07, 6.45) is 4.22. The van der Waals surface area contributed by atoms with Crippen molar-refractivity contribution in [1.29, 1.82) is 0 Å². The molecule has 1 amide bonds. The zero-order valence-electron chi connectivity index (χ0n) is 11.1. The highest BCUT2D eigenvalue weighted by molar-refractivity contribution is 5.78. The molecular formula is C14H17N3O3. The fourth-order valence-electron chi connectivity index (χ4n) is 2.57. The third kappa shape index (κ3) is 2.46. The van der Waals surface area contributed by atoms with Crippen molar-refractivity contribution < 1.29 is 14.3 Å². The van der Waals surface area contributed by atoms with E-state index >= 15 is 0 Å². The Balaban J connectivity index is 1.79. The number of aliphatic hydroxyl groups is 1. The van der Waals surface area contributed by atoms with Crippen molar-refractivity contribution >= 4 is 5.91 Å². The molecule has 2 aromatic heterocycles. The van der Waals surface area contributed by atoms with E-state index in [4.69, 9.17) is 4.42 Å². The van der Waals surface area contributed by atoms with Crippen molar-refractivity contribution in [1.82, 2.24) is 14.7 Å². The number of aryl methyl sites for hydroxylation is 1. The number of hydrogen-bond acceptors (Lipinski definition) is 4. The topological polar surface area (TPSA) is 71.5 Å². The molecule has 1 aliphatic heterocycles. The summed E-state index contributed by atoms with van der Waals surface area (Å²) in [4.78, 5) is 14.2. The lowest BCUT2D eigenvalue weighted by atomic mass is 10.1. The van der Waals surface area contributed by atoms with Gasteiger partial charge in [0, 0.05) is 12.7 Å². The second kappa shape index (κ2) is 5.50. The fraction of sp³-hybridized carbons (Fsp3) is 0.429. The lowest BCUT2D eigenvalue weighted by Crippen LogP contribution is -2.42. The lowest BCUT2D eigenvalue weighted by Gasteiger charge is -2.28. The Hall–Kier alpha value is -2.08. The first kappa shape index (κ1) is 12.9. The van der Waals surface area contributed by atoms with Crippen molar-refractivity contribution in [3.63, 3.8) is 0 Å². The van der Waals surface area contributed by atoms with Gasteiger partial charge in [0.25, 0.3) is 0 Å². The highest BCUT2D eigenvalue weighted by Gasteiger charge is 2.27. The molecule has 0 bridgehead atoms. The first-order chi connectivity index (χ1) is 9.78. The molecule has 0 aromatic carbocycles. The summed E-state index contributed by atoms with van der Waals surface area (Å²) in [5.41, 5.74) is 0.994. The number of fused-ring (bicyclic) bond motifs is 1. The van der Waals surface area contributed by atoms with Crippen molar-refractivity contribution in [2.45, 2.75) is 32.0 Å². The van der Waals surface area contributed by atoms with E-state index in [1.807, 2.05) is 10.7 Å². The molecule has 106 valence electrons. The summed E-state index contributed by atoms with van der Waals surface area (Å²) in [6, 6.07) is 5.30. The minimum Gasteiger partial charge on any atom is -0.469 e. The van der Waals surface area contributed by atoms with Crippen molar-refractivity contribution in [2.24, 2.45) is 0 Å². The Kier molecular flexibility index (Phi) is 3.56. The fourth-order valence-corrected chi connectivity index (χ4v) is 2.57. The van der Waals surface area contributed by atoms with Gasteiger partial charge in [-0.2, -0.15) is 5.10 Å². The Morgan fingerprint density at radius 1 is 1.50 bits per heavy atom. The maximum atomic E-state index is 12.4. The number of hydrogen-bond donors (Lipinski definition) is 1. The Bertz CT molecular complexity index is 576. The van der Waals surface area contributed by atoms with E-state index in [-0.39, 0.29) is 25.0 Å². The molecule has 6 nitrogen and oxygen atoms in total. The zero-order valence-corrected chi connectivity index (χ0v) is 11.1. The van der Waals surface area contributed by atoms with Gasteiger partial charge in [-0.25, -0.2) is 0 Å². The van der Waals surface area contributed by atoms with Crippen LogP contribution in [0.5, 0.6) is 0 Å². The summed E-state index contributed by atoms with van der Waals surface area (Å²) < 4.78 is 7.11. The molecule has 0 saturated heterocycles. The van der Waals surface area contributed by atoms with Gasteiger partial charge in [-0.1, -0.05) is 0 Å². The van der Waals surface area contributed by atoms with E-state index in [2.05, 4.69) is 5.10 Å². The van der Waals surface area contributed by atoms with E-state index < -0.39 is 0 Å². The molecular weight excluding hydrogens is 258 g/mol. The van der Waals surface area contributed by atoms with E-state index in [1.54, 1.807) is 29.5 Å². The van der Waals surface area contributed by atoms with Crippen LogP contribution in [0.25, 0.3) is 0 Å². The number of nitrogens with zero attached hydrogens (tertiary/aromatic N) is 3. The number of carbonyl (C=O) groups is 1. The van der Waals surface area contributed by atoms with Crippen LogP contribution in [0, 0.1) is 0 Å². The number of aromatic nitrogens is 2. The smallest absolute Gasteiger partial charge is 0.230 e.